The molecule has 0 spiro atoms. The molecule has 0 aromatic rings. The molecule has 5 nitrogen and oxygen atoms in total. The zero-order valence-corrected chi connectivity index (χ0v) is 9.60. The molecule has 0 unspecified atom stereocenters. The molecule has 4 N–H and O–H groups in total. The molecule has 1 aliphatic carbocycles. The number of hydrogen-bond acceptors (Lipinski definition) is 4. The number of nitrogens with zero attached hydrogens (tertiary/aromatic N) is 2. The van der Waals surface area contributed by atoms with E-state index < -0.39 is 0 Å². The summed E-state index contributed by atoms with van der Waals surface area (Å²) < 4.78 is 0. The minimum absolute atomic E-state index is 0.0774. The molecule has 1 saturated heterocycles. The Bertz CT molecular complexity index is 282. The highest BCUT2D eigenvalue weighted by atomic mass is 16.4. The summed E-state index contributed by atoms with van der Waals surface area (Å²) in [6, 6.07) is 0. The number of aliphatic hydroxyl groups is 1. The predicted molar refractivity (Wildman–Crippen MR) is 61.3 cm³/mol. The van der Waals surface area contributed by atoms with E-state index in [1.54, 1.807) is 0 Å². The van der Waals surface area contributed by atoms with Gasteiger partial charge in [0.25, 0.3) is 0 Å². The fraction of sp³-hybridized carbons (Fsp3) is 0.909. The number of fused-ring (bicyclic) bond motifs is 1. The highest BCUT2D eigenvalue weighted by molar-refractivity contribution is 5.81. The second-order valence-corrected chi connectivity index (χ2v) is 5.22. The summed E-state index contributed by atoms with van der Waals surface area (Å²) >= 11 is 0. The van der Waals surface area contributed by atoms with Gasteiger partial charge in [0, 0.05) is 18.5 Å². The molecular weight excluding hydrogens is 206 g/mol. The summed E-state index contributed by atoms with van der Waals surface area (Å²) in [5.74, 6) is 0.837. The van der Waals surface area contributed by atoms with Crippen molar-refractivity contribution >= 4 is 5.84 Å². The van der Waals surface area contributed by atoms with Crippen LogP contribution in [-0.4, -0.2) is 47.3 Å². The van der Waals surface area contributed by atoms with Crippen LogP contribution in [0.2, 0.25) is 0 Å². The molecule has 92 valence electrons. The Morgan fingerprint density at radius 2 is 2.31 bits per heavy atom. The summed E-state index contributed by atoms with van der Waals surface area (Å²) in [6.45, 7) is 2.63. The molecule has 16 heavy (non-hydrogen) atoms. The van der Waals surface area contributed by atoms with Crippen LogP contribution in [0.4, 0.5) is 0 Å². The highest BCUT2D eigenvalue weighted by Gasteiger charge is 2.46. The van der Waals surface area contributed by atoms with Crippen LogP contribution in [0.15, 0.2) is 5.16 Å². The summed E-state index contributed by atoms with van der Waals surface area (Å²) in [7, 11) is 0. The molecule has 1 saturated carbocycles. The van der Waals surface area contributed by atoms with Gasteiger partial charge in [-0.2, -0.15) is 0 Å². The second kappa shape index (κ2) is 4.59. The third-order valence-corrected chi connectivity index (χ3v) is 4.19. The maximum absolute atomic E-state index is 9.62. The Hall–Kier alpha value is -0.810. The summed E-state index contributed by atoms with van der Waals surface area (Å²) in [5, 5.41) is 21.2. The first-order valence-corrected chi connectivity index (χ1v) is 6.00. The van der Waals surface area contributed by atoms with Crippen molar-refractivity contribution in [2.24, 2.45) is 22.2 Å². The molecule has 5 heteroatoms. The second-order valence-electron chi connectivity index (χ2n) is 5.22. The lowest BCUT2D eigenvalue weighted by atomic mass is 9.69. The lowest BCUT2D eigenvalue weighted by Gasteiger charge is -2.36. The van der Waals surface area contributed by atoms with Crippen molar-refractivity contribution in [2.75, 3.05) is 26.2 Å². The van der Waals surface area contributed by atoms with E-state index in [1.807, 2.05) is 0 Å². The number of hydrogen-bond donors (Lipinski definition) is 3. The lowest BCUT2D eigenvalue weighted by molar-refractivity contribution is 0.0588. The van der Waals surface area contributed by atoms with Gasteiger partial charge >= 0.3 is 0 Å². The van der Waals surface area contributed by atoms with Gasteiger partial charge in [0.05, 0.1) is 13.2 Å². The van der Waals surface area contributed by atoms with Crippen LogP contribution < -0.4 is 5.73 Å². The van der Waals surface area contributed by atoms with Crippen LogP contribution in [0, 0.1) is 11.3 Å². The molecule has 2 rings (SSSR count). The third-order valence-electron chi connectivity index (χ3n) is 4.19. The van der Waals surface area contributed by atoms with E-state index in [-0.39, 0.29) is 17.9 Å². The molecular formula is C11H21N3O2. The highest BCUT2D eigenvalue weighted by Crippen LogP contribution is 2.46. The van der Waals surface area contributed by atoms with E-state index in [0.29, 0.717) is 12.5 Å². The number of nitrogens with two attached hydrogens (primary N) is 1. The van der Waals surface area contributed by atoms with Crippen molar-refractivity contribution in [2.45, 2.75) is 25.7 Å². The van der Waals surface area contributed by atoms with Crippen LogP contribution in [0.1, 0.15) is 25.7 Å². The number of likely N-dealkylation sites (tertiary alicyclic amines) is 1. The maximum atomic E-state index is 9.62. The van der Waals surface area contributed by atoms with E-state index in [0.717, 1.165) is 19.5 Å². The zero-order chi connectivity index (χ0) is 11.6. The minimum atomic E-state index is 0.0774. The molecule has 2 atom stereocenters. The van der Waals surface area contributed by atoms with Crippen molar-refractivity contribution in [3.05, 3.63) is 0 Å². The predicted octanol–water partition coefficient (Wildman–Crippen LogP) is 0.217. The molecule has 1 aliphatic heterocycles. The fourth-order valence-electron chi connectivity index (χ4n) is 3.33. The first kappa shape index (κ1) is 11.7. The molecule has 1 heterocycles. The van der Waals surface area contributed by atoms with Crippen LogP contribution >= 0.6 is 0 Å². The minimum Gasteiger partial charge on any atom is -0.409 e. The SMILES string of the molecule is NC(CN1C[C@H]2CCCC[C@]2(CO)C1)=NO. The molecule has 0 aromatic carbocycles. The normalized spacial score (nSPS) is 36.3. The molecule has 0 aromatic heterocycles. The van der Waals surface area contributed by atoms with Crippen LogP contribution in [0.5, 0.6) is 0 Å². The standard InChI is InChI=1S/C11H21N3O2/c12-10(13-16)6-14-5-9-3-1-2-4-11(9,7-14)8-15/h9,15-16H,1-8H2,(H2,12,13)/t9-,11-/m1/s1. The summed E-state index contributed by atoms with van der Waals surface area (Å²) in [6.07, 6.45) is 4.80. The Morgan fingerprint density at radius 1 is 1.50 bits per heavy atom. The third kappa shape index (κ3) is 2.01. The van der Waals surface area contributed by atoms with E-state index in [4.69, 9.17) is 10.9 Å². The quantitative estimate of drug-likeness (QED) is 0.279. The van der Waals surface area contributed by atoms with Crippen LogP contribution in [0.3, 0.4) is 0 Å². The molecule has 2 fully saturated rings. The number of amidine groups is 1. The number of oxime groups is 1. The lowest BCUT2D eigenvalue weighted by Crippen LogP contribution is -2.38. The van der Waals surface area contributed by atoms with Gasteiger partial charge in [0.2, 0.25) is 0 Å². The van der Waals surface area contributed by atoms with E-state index >= 15 is 0 Å². The van der Waals surface area contributed by atoms with Gasteiger partial charge in [-0.05, 0) is 18.8 Å². The Morgan fingerprint density at radius 3 is 2.94 bits per heavy atom. The van der Waals surface area contributed by atoms with E-state index in [2.05, 4.69) is 10.1 Å². The number of rotatable bonds is 3. The largest absolute Gasteiger partial charge is 0.409 e. The maximum Gasteiger partial charge on any atom is 0.153 e. The fourth-order valence-corrected chi connectivity index (χ4v) is 3.33. The van der Waals surface area contributed by atoms with Gasteiger partial charge in [-0.1, -0.05) is 18.0 Å². The van der Waals surface area contributed by atoms with Gasteiger partial charge in [0.15, 0.2) is 5.84 Å². The molecule has 0 amide bonds. The molecule has 2 aliphatic rings. The van der Waals surface area contributed by atoms with Gasteiger partial charge in [-0.3, -0.25) is 4.90 Å². The number of aliphatic hydroxyl groups excluding tert-OH is 1. The van der Waals surface area contributed by atoms with Crippen LogP contribution in [0.25, 0.3) is 0 Å². The van der Waals surface area contributed by atoms with Crippen molar-refractivity contribution in [1.29, 1.82) is 0 Å². The average molecular weight is 227 g/mol. The van der Waals surface area contributed by atoms with Crippen molar-refractivity contribution in [3.63, 3.8) is 0 Å². The van der Waals surface area contributed by atoms with Gasteiger partial charge in [0.1, 0.15) is 0 Å². The van der Waals surface area contributed by atoms with Gasteiger partial charge in [-0.25, -0.2) is 0 Å². The van der Waals surface area contributed by atoms with Crippen LogP contribution in [-0.2, 0) is 0 Å². The molecule has 0 radical (unpaired) electrons. The Balaban J connectivity index is 2.02. The summed E-state index contributed by atoms with van der Waals surface area (Å²) in [4.78, 5) is 2.20. The zero-order valence-electron chi connectivity index (χ0n) is 9.60. The Labute approximate surface area is 95.9 Å². The average Bonchev–Trinajstić information content (AvgIpc) is 2.67. The monoisotopic (exact) mass is 227 g/mol. The molecule has 0 bridgehead atoms. The van der Waals surface area contributed by atoms with E-state index in [9.17, 15) is 5.11 Å². The summed E-state index contributed by atoms with van der Waals surface area (Å²) in [5.41, 5.74) is 5.60. The van der Waals surface area contributed by atoms with Crippen molar-refractivity contribution in [1.82, 2.24) is 4.90 Å². The van der Waals surface area contributed by atoms with Gasteiger partial charge < -0.3 is 16.0 Å². The van der Waals surface area contributed by atoms with Gasteiger partial charge in [-0.15, -0.1) is 0 Å². The first-order chi connectivity index (χ1) is 7.70. The first-order valence-electron chi connectivity index (χ1n) is 6.00. The van der Waals surface area contributed by atoms with Crippen molar-refractivity contribution < 1.29 is 10.3 Å². The topological polar surface area (TPSA) is 82.1 Å². The Kier molecular flexibility index (Phi) is 3.35. The smallest absolute Gasteiger partial charge is 0.153 e. The van der Waals surface area contributed by atoms with Crippen molar-refractivity contribution in [3.8, 4) is 0 Å². The van der Waals surface area contributed by atoms with E-state index in [1.165, 1.54) is 19.3 Å².